The van der Waals surface area contributed by atoms with Crippen LogP contribution in [0.1, 0.15) is 29.1 Å². The molecule has 7 heteroatoms. The monoisotopic (exact) mass is 449 g/mol. The van der Waals surface area contributed by atoms with E-state index in [0.717, 1.165) is 10.8 Å². The van der Waals surface area contributed by atoms with Crippen LogP contribution in [-0.4, -0.2) is 40.6 Å². The fourth-order valence-electron chi connectivity index (χ4n) is 4.00. The van der Waals surface area contributed by atoms with Crippen LogP contribution in [-0.2, 0) is 11.8 Å². The van der Waals surface area contributed by atoms with Gasteiger partial charge in [0.2, 0.25) is 0 Å². The fraction of sp³-hybridized carbons (Fsp3) is 0.240. The number of hydrogen-bond donors (Lipinski definition) is 0. The van der Waals surface area contributed by atoms with Gasteiger partial charge in [0.25, 0.3) is 11.5 Å². The van der Waals surface area contributed by atoms with E-state index in [1.165, 1.54) is 4.57 Å². The van der Waals surface area contributed by atoms with Crippen LogP contribution in [0.3, 0.4) is 0 Å². The summed E-state index contributed by atoms with van der Waals surface area (Å²) in [6.45, 7) is 2.59. The average molecular weight is 450 g/mol. The topological polar surface area (TPSA) is 64.4 Å². The summed E-state index contributed by atoms with van der Waals surface area (Å²) < 4.78 is 6.76. The van der Waals surface area contributed by atoms with E-state index in [0.29, 0.717) is 40.5 Å². The third-order valence-corrected chi connectivity index (χ3v) is 5.97. The molecule has 6 nitrogen and oxygen atoms in total. The quantitative estimate of drug-likeness (QED) is 0.432. The minimum atomic E-state index is -0.464. The molecule has 0 spiro atoms. The van der Waals surface area contributed by atoms with Crippen molar-refractivity contribution in [2.24, 2.45) is 7.05 Å². The molecule has 3 aromatic carbocycles. The molecule has 0 aliphatic heterocycles. The number of nitrogens with zero attached hydrogens (tertiary/aromatic N) is 3. The number of methoxy groups -OCH3 is 1. The number of hydrogen-bond acceptors (Lipinski definition) is 4. The summed E-state index contributed by atoms with van der Waals surface area (Å²) >= 11 is 6.07. The third-order valence-electron chi connectivity index (χ3n) is 5.73. The molecule has 1 unspecified atom stereocenters. The molecular formula is C25H24ClN3O3. The molecule has 1 heterocycles. The van der Waals surface area contributed by atoms with Gasteiger partial charge in [-0.3, -0.25) is 14.2 Å². The van der Waals surface area contributed by atoms with Gasteiger partial charge in [-0.25, -0.2) is 4.98 Å². The van der Waals surface area contributed by atoms with Crippen LogP contribution >= 0.6 is 11.6 Å². The first-order valence-corrected chi connectivity index (χ1v) is 10.7. The second kappa shape index (κ2) is 9.10. The van der Waals surface area contributed by atoms with E-state index < -0.39 is 6.04 Å². The van der Waals surface area contributed by atoms with Crippen molar-refractivity contribution < 1.29 is 9.53 Å². The molecule has 0 N–H and O–H groups in total. The maximum absolute atomic E-state index is 13.7. The summed E-state index contributed by atoms with van der Waals surface area (Å²) in [6, 6.07) is 18.0. The molecule has 0 bridgehead atoms. The zero-order valence-electron chi connectivity index (χ0n) is 18.2. The van der Waals surface area contributed by atoms with Gasteiger partial charge in [0.15, 0.2) is 0 Å². The highest BCUT2D eigenvalue weighted by atomic mass is 35.5. The highest BCUT2D eigenvalue weighted by Gasteiger charge is 2.27. The second-order valence-corrected chi connectivity index (χ2v) is 8.13. The standard InChI is InChI=1S/C25H24ClN3O3/c1-16(23-27-22-12-11-18(26)15-21(22)24(30)28(23)2)29(13-14-32-3)25(31)20-10-6-8-17-7-4-5-9-19(17)20/h4-12,15-16H,13-14H2,1-3H3. The van der Waals surface area contributed by atoms with Crippen LogP contribution in [0.15, 0.2) is 65.5 Å². The summed E-state index contributed by atoms with van der Waals surface area (Å²) in [7, 11) is 3.26. The van der Waals surface area contributed by atoms with E-state index in [2.05, 4.69) is 0 Å². The smallest absolute Gasteiger partial charge is 0.261 e. The Labute approximate surface area is 191 Å². The number of benzene rings is 3. The van der Waals surface area contributed by atoms with Crippen LogP contribution in [0.2, 0.25) is 5.02 Å². The maximum atomic E-state index is 13.7. The predicted molar refractivity (Wildman–Crippen MR) is 127 cm³/mol. The summed E-state index contributed by atoms with van der Waals surface area (Å²) in [5, 5.41) is 2.79. The van der Waals surface area contributed by atoms with E-state index in [1.54, 1.807) is 37.3 Å². The first-order valence-electron chi connectivity index (χ1n) is 10.4. The molecule has 164 valence electrons. The van der Waals surface area contributed by atoms with Crippen molar-refractivity contribution in [3.63, 3.8) is 0 Å². The molecule has 1 aromatic heterocycles. The van der Waals surface area contributed by atoms with Gasteiger partial charge in [0.05, 0.1) is 23.6 Å². The van der Waals surface area contributed by atoms with E-state index in [-0.39, 0.29) is 11.5 Å². The Bertz CT molecular complexity index is 1360. The van der Waals surface area contributed by atoms with Gasteiger partial charge in [0, 0.05) is 31.3 Å². The third kappa shape index (κ3) is 3.99. The summed E-state index contributed by atoms with van der Waals surface area (Å²) in [5.41, 5.74) is 0.941. The molecule has 0 aliphatic rings. The first kappa shape index (κ1) is 22.0. The molecule has 32 heavy (non-hydrogen) atoms. The number of carbonyl (C=O) groups is 1. The number of carbonyl (C=O) groups excluding carboxylic acids is 1. The highest BCUT2D eigenvalue weighted by Crippen LogP contribution is 2.26. The lowest BCUT2D eigenvalue weighted by Crippen LogP contribution is -2.39. The molecule has 1 atom stereocenters. The van der Waals surface area contributed by atoms with Crippen molar-refractivity contribution >= 4 is 39.2 Å². The van der Waals surface area contributed by atoms with Crippen LogP contribution in [0.5, 0.6) is 0 Å². The van der Waals surface area contributed by atoms with Crippen molar-refractivity contribution in [2.45, 2.75) is 13.0 Å². The van der Waals surface area contributed by atoms with Crippen molar-refractivity contribution in [1.29, 1.82) is 0 Å². The van der Waals surface area contributed by atoms with Crippen molar-refractivity contribution in [1.82, 2.24) is 14.5 Å². The second-order valence-electron chi connectivity index (χ2n) is 7.69. The van der Waals surface area contributed by atoms with Crippen LogP contribution in [0.25, 0.3) is 21.7 Å². The Morgan fingerprint density at radius 3 is 2.66 bits per heavy atom. The van der Waals surface area contributed by atoms with E-state index >= 15 is 0 Å². The molecular weight excluding hydrogens is 426 g/mol. The normalized spacial score (nSPS) is 12.2. The Kier molecular flexibility index (Phi) is 6.26. The molecule has 0 saturated heterocycles. The number of halogens is 1. The molecule has 4 aromatic rings. The molecule has 0 saturated carbocycles. The SMILES string of the molecule is COCCN(C(=O)c1cccc2ccccc12)C(C)c1nc2ccc(Cl)cc2c(=O)n1C. The molecule has 0 aliphatic carbocycles. The van der Waals surface area contributed by atoms with Crippen LogP contribution < -0.4 is 5.56 Å². The first-order chi connectivity index (χ1) is 15.4. The summed E-state index contributed by atoms with van der Waals surface area (Å²) in [4.78, 5) is 33.1. The van der Waals surface area contributed by atoms with Crippen LogP contribution in [0.4, 0.5) is 0 Å². The Morgan fingerprint density at radius 1 is 1.12 bits per heavy atom. The zero-order valence-corrected chi connectivity index (χ0v) is 19.0. The van der Waals surface area contributed by atoms with Crippen molar-refractivity contribution in [3.05, 3.63) is 87.4 Å². The lowest BCUT2D eigenvalue weighted by molar-refractivity contribution is 0.0606. The van der Waals surface area contributed by atoms with Gasteiger partial charge in [-0.15, -0.1) is 0 Å². The minimum absolute atomic E-state index is 0.142. The van der Waals surface area contributed by atoms with Crippen molar-refractivity contribution in [2.75, 3.05) is 20.3 Å². The average Bonchev–Trinajstić information content (AvgIpc) is 2.81. The number of fused-ring (bicyclic) bond motifs is 2. The maximum Gasteiger partial charge on any atom is 0.261 e. The van der Waals surface area contributed by atoms with Crippen molar-refractivity contribution in [3.8, 4) is 0 Å². The van der Waals surface area contributed by atoms with Gasteiger partial charge >= 0.3 is 0 Å². The van der Waals surface area contributed by atoms with Gasteiger partial charge in [-0.1, -0.05) is 48.0 Å². The number of ether oxygens (including phenoxy) is 1. The van der Waals surface area contributed by atoms with E-state index in [4.69, 9.17) is 21.3 Å². The lowest BCUT2D eigenvalue weighted by atomic mass is 10.0. The Balaban J connectivity index is 1.81. The van der Waals surface area contributed by atoms with Crippen LogP contribution in [0, 0.1) is 0 Å². The summed E-state index contributed by atoms with van der Waals surface area (Å²) in [5.74, 6) is 0.353. The lowest BCUT2D eigenvalue weighted by Gasteiger charge is -2.30. The Hall–Kier alpha value is -3.22. The highest BCUT2D eigenvalue weighted by molar-refractivity contribution is 6.31. The molecule has 4 rings (SSSR count). The van der Waals surface area contributed by atoms with E-state index in [1.807, 2.05) is 49.4 Å². The predicted octanol–water partition coefficient (Wildman–Crippen LogP) is 4.59. The van der Waals surface area contributed by atoms with Gasteiger partial charge in [0.1, 0.15) is 5.82 Å². The molecule has 0 radical (unpaired) electrons. The summed E-state index contributed by atoms with van der Waals surface area (Å²) in [6.07, 6.45) is 0. The molecule has 0 fully saturated rings. The number of rotatable bonds is 6. The van der Waals surface area contributed by atoms with Gasteiger partial charge < -0.3 is 9.64 Å². The zero-order chi connectivity index (χ0) is 22.8. The Morgan fingerprint density at radius 2 is 1.88 bits per heavy atom. The van der Waals surface area contributed by atoms with Gasteiger partial charge in [-0.2, -0.15) is 0 Å². The minimum Gasteiger partial charge on any atom is -0.383 e. The number of amides is 1. The van der Waals surface area contributed by atoms with E-state index in [9.17, 15) is 9.59 Å². The van der Waals surface area contributed by atoms with Gasteiger partial charge in [-0.05, 0) is 42.0 Å². The number of aromatic nitrogens is 2. The fourth-order valence-corrected chi connectivity index (χ4v) is 4.17. The largest absolute Gasteiger partial charge is 0.383 e. The molecule has 1 amide bonds.